The maximum absolute atomic E-state index is 13.6. The van der Waals surface area contributed by atoms with Gasteiger partial charge < -0.3 is 19.5 Å². The number of ether oxygens (including phenoxy) is 1. The number of H-pyrrole nitrogens is 1. The predicted molar refractivity (Wildman–Crippen MR) is 167 cm³/mol. The van der Waals surface area contributed by atoms with Crippen molar-refractivity contribution < 1.29 is 13.9 Å². The van der Waals surface area contributed by atoms with Crippen LogP contribution in [0, 0.1) is 11.3 Å². The fourth-order valence-corrected chi connectivity index (χ4v) is 6.47. The molecule has 43 heavy (non-hydrogen) atoms. The van der Waals surface area contributed by atoms with Gasteiger partial charge in [0.15, 0.2) is 0 Å². The Labute approximate surface area is 252 Å². The molecule has 226 valence electrons. The smallest absolute Gasteiger partial charge is 0.265 e. The molecule has 6 rings (SSSR count). The number of rotatable bonds is 9. The molecule has 8 heteroatoms. The van der Waals surface area contributed by atoms with Crippen LogP contribution >= 0.6 is 0 Å². The Kier molecular flexibility index (Phi) is 8.59. The van der Waals surface area contributed by atoms with Crippen LogP contribution in [-0.4, -0.2) is 46.5 Å². The van der Waals surface area contributed by atoms with Crippen LogP contribution in [0.5, 0.6) is 0 Å². The number of fused-ring (bicyclic) bond motifs is 2. The van der Waals surface area contributed by atoms with Crippen molar-refractivity contribution in [2.24, 2.45) is 11.3 Å². The topological polar surface area (TPSA) is 110 Å². The van der Waals surface area contributed by atoms with E-state index in [2.05, 4.69) is 54.3 Å². The number of hydrogen-bond donors (Lipinski definition) is 2. The first-order chi connectivity index (χ1) is 20.7. The van der Waals surface area contributed by atoms with Crippen LogP contribution in [0.25, 0.3) is 22.4 Å². The lowest BCUT2D eigenvalue weighted by molar-refractivity contribution is 0.0778. The lowest BCUT2D eigenvalue weighted by Crippen LogP contribution is -2.35. The minimum absolute atomic E-state index is 0.00630. The van der Waals surface area contributed by atoms with Crippen LogP contribution in [0.3, 0.4) is 0 Å². The molecule has 2 aliphatic rings. The molecular formula is C35H42N4O4. The summed E-state index contributed by atoms with van der Waals surface area (Å²) in [7, 11) is 0. The van der Waals surface area contributed by atoms with Crippen molar-refractivity contribution in [3.05, 3.63) is 81.7 Å². The van der Waals surface area contributed by atoms with Crippen molar-refractivity contribution in [2.75, 3.05) is 19.8 Å². The van der Waals surface area contributed by atoms with Gasteiger partial charge in [0.2, 0.25) is 17.1 Å². The summed E-state index contributed by atoms with van der Waals surface area (Å²) in [6.07, 6.45) is 7.86. The molecule has 4 heterocycles. The van der Waals surface area contributed by atoms with E-state index in [4.69, 9.17) is 14.1 Å². The summed E-state index contributed by atoms with van der Waals surface area (Å²) >= 11 is 0. The highest BCUT2D eigenvalue weighted by atomic mass is 16.5. The molecule has 3 aromatic heterocycles. The Balaban J connectivity index is 1.20. The normalized spacial score (nSPS) is 18.4. The zero-order chi connectivity index (χ0) is 30.0. The Morgan fingerprint density at radius 2 is 1.81 bits per heavy atom. The molecule has 1 aliphatic heterocycles. The molecule has 0 saturated carbocycles. The van der Waals surface area contributed by atoms with Crippen LogP contribution in [0.4, 0.5) is 0 Å². The summed E-state index contributed by atoms with van der Waals surface area (Å²) in [5, 5.41) is 3.67. The molecule has 1 saturated heterocycles. The number of Topliss-reactive ketones (excluding diaryl/α,β-unsaturated/α-hetero) is 1. The van der Waals surface area contributed by atoms with Crippen molar-refractivity contribution in [3.63, 3.8) is 0 Å². The van der Waals surface area contributed by atoms with Crippen LogP contribution in [0.15, 0.2) is 57.9 Å². The molecule has 0 radical (unpaired) electrons. The maximum Gasteiger partial charge on any atom is 0.265 e. The van der Waals surface area contributed by atoms with Gasteiger partial charge in [0.1, 0.15) is 5.52 Å². The largest absolute Gasteiger partial charge is 0.415 e. The number of aromatic nitrogens is 3. The van der Waals surface area contributed by atoms with Gasteiger partial charge in [-0.2, -0.15) is 0 Å². The van der Waals surface area contributed by atoms with Gasteiger partial charge in [-0.15, -0.1) is 0 Å². The number of ketones is 1. The molecule has 0 unspecified atom stereocenters. The first-order valence-electron chi connectivity index (χ1n) is 15.7. The van der Waals surface area contributed by atoms with E-state index in [9.17, 15) is 9.59 Å². The second-order valence-electron chi connectivity index (χ2n) is 13.3. The van der Waals surface area contributed by atoms with Crippen LogP contribution in [-0.2, 0) is 17.6 Å². The Bertz CT molecular complexity index is 1610. The van der Waals surface area contributed by atoms with E-state index in [0.29, 0.717) is 29.6 Å². The van der Waals surface area contributed by atoms with E-state index in [0.717, 1.165) is 80.7 Å². The highest BCUT2D eigenvalue weighted by Crippen LogP contribution is 2.38. The van der Waals surface area contributed by atoms with Gasteiger partial charge in [-0.1, -0.05) is 45.0 Å². The zero-order valence-electron chi connectivity index (χ0n) is 25.4. The average Bonchev–Trinajstić information content (AvgIpc) is 3.43. The van der Waals surface area contributed by atoms with Crippen LogP contribution in [0.2, 0.25) is 0 Å². The predicted octanol–water partition coefficient (Wildman–Crippen LogP) is 6.24. The van der Waals surface area contributed by atoms with E-state index in [1.54, 1.807) is 6.20 Å². The lowest BCUT2D eigenvalue weighted by atomic mass is 9.71. The van der Waals surface area contributed by atoms with Crippen molar-refractivity contribution in [1.29, 1.82) is 0 Å². The SMILES string of the molecule is CC(C)(C)[C@H]1CCc2nc3oc(C(=O)C[C@H](CCNC4CCOCC4)c4ccc(-c5ccc(=O)[nH]c5)cc4)nc3cc2C1. The summed E-state index contributed by atoms with van der Waals surface area (Å²) in [6.45, 7) is 9.29. The van der Waals surface area contributed by atoms with Gasteiger partial charge in [-0.25, -0.2) is 9.97 Å². The first kappa shape index (κ1) is 29.5. The number of aryl methyl sites for hydroxylation is 1. The number of carbonyl (C=O) groups excluding carboxylic acids is 1. The third-order valence-electron chi connectivity index (χ3n) is 9.29. The molecular weight excluding hydrogens is 540 g/mol. The van der Waals surface area contributed by atoms with Crippen LogP contribution in [0.1, 0.15) is 86.3 Å². The Hall–Kier alpha value is -3.62. The summed E-state index contributed by atoms with van der Waals surface area (Å²) in [5.41, 5.74) is 6.58. The number of nitrogens with one attached hydrogen (secondary N) is 2. The van der Waals surface area contributed by atoms with Gasteiger partial charge in [0, 0.05) is 43.6 Å². The van der Waals surface area contributed by atoms with Crippen molar-refractivity contribution in [1.82, 2.24) is 20.3 Å². The Morgan fingerprint density at radius 1 is 1.05 bits per heavy atom. The van der Waals surface area contributed by atoms with Gasteiger partial charge >= 0.3 is 0 Å². The fraction of sp³-hybridized carbons (Fsp3) is 0.486. The third kappa shape index (κ3) is 6.97. The fourth-order valence-electron chi connectivity index (χ4n) is 6.47. The second kappa shape index (κ2) is 12.5. The summed E-state index contributed by atoms with van der Waals surface area (Å²) in [4.78, 5) is 37.3. The van der Waals surface area contributed by atoms with E-state index in [1.165, 1.54) is 11.6 Å². The van der Waals surface area contributed by atoms with E-state index in [1.807, 2.05) is 18.2 Å². The standard InChI is InChI=1S/C35H42N4O4/c1-35(2,3)27-9-10-29-26(18-27)19-30-33(38-29)43-34(39-30)31(40)20-24(12-15-36-28-13-16-42-17-14-28)22-4-6-23(7-5-22)25-8-11-32(41)37-21-25/h4-8,11,19,21,24,27-28,36H,9-10,12-18,20H2,1-3H3,(H,37,41)/t24-,27-/m0/s1. The molecule has 2 N–H and O–H groups in total. The van der Waals surface area contributed by atoms with Gasteiger partial charge in [0.05, 0.1) is 0 Å². The molecule has 1 aromatic carbocycles. The van der Waals surface area contributed by atoms with Gasteiger partial charge in [-0.05, 0) is 96.7 Å². The van der Waals surface area contributed by atoms with Crippen molar-refractivity contribution in [3.8, 4) is 11.1 Å². The average molecular weight is 583 g/mol. The van der Waals surface area contributed by atoms with Gasteiger partial charge in [-0.3, -0.25) is 9.59 Å². The molecule has 4 aromatic rings. The number of carbonyl (C=O) groups is 1. The number of oxazole rings is 1. The third-order valence-corrected chi connectivity index (χ3v) is 9.29. The molecule has 1 aliphatic carbocycles. The molecule has 0 amide bonds. The number of aromatic amines is 1. The van der Waals surface area contributed by atoms with E-state index < -0.39 is 0 Å². The maximum atomic E-state index is 13.6. The number of hydrogen-bond acceptors (Lipinski definition) is 7. The zero-order valence-corrected chi connectivity index (χ0v) is 25.4. The number of benzene rings is 1. The van der Waals surface area contributed by atoms with Crippen molar-refractivity contribution in [2.45, 2.75) is 77.7 Å². The summed E-state index contributed by atoms with van der Waals surface area (Å²) in [6, 6.07) is 14.1. The number of nitrogens with zero attached hydrogens (tertiary/aromatic N) is 2. The van der Waals surface area contributed by atoms with E-state index >= 15 is 0 Å². The molecule has 0 bridgehead atoms. The second-order valence-corrected chi connectivity index (χ2v) is 13.3. The van der Waals surface area contributed by atoms with Crippen molar-refractivity contribution >= 4 is 17.0 Å². The van der Waals surface area contributed by atoms with Gasteiger partial charge in [0.25, 0.3) is 5.89 Å². The number of pyridine rings is 2. The molecule has 8 nitrogen and oxygen atoms in total. The minimum atomic E-state index is -0.125. The molecule has 0 spiro atoms. The highest BCUT2D eigenvalue weighted by Gasteiger charge is 2.30. The molecule has 2 atom stereocenters. The lowest BCUT2D eigenvalue weighted by Gasteiger charge is -2.34. The first-order valence-corrected chi connectivity index (χ1v) is 15.7. The minimum Gasteiger partial charge on any atom is -0.415 e. The Morgan fingerprint density at radius 3 is 2.53 bits per heavy atom. The highest BCUT2D eigenvalue weighted by molar-refractivity contribution is 5.94. The van der Waals surface area contributed by atoms with Crippen LogP contribution < -0.4 is 10.9 Å². The summed E-state index contributed by atoms with van der Waals surface area (Å²) in [5.74, 6) is 0.625. The summed E-state index contributed by atoms with van der Waals surface area (Å²) < 4.78 is 11.5. The van der Waals surface area contributed by atoms with E-state index in [-0.39, 0.29) is 28.6 Å². The quantitative estimate of drug-likeness (QED) is 0.225. The molecule has 1 fully saturated rings. The monoisotopic (exact) mass is 582 g/mol.